The van der Waals surface area contributed by atoms with Crippen molar-refractivity contribution in [3.8, 4) is 11.5 Å². The molecule has 1 fully saturated rings. The molecule has 0 aromatic heterocycles. The smallest absolute Gasteiger partial charge is 0.257 e. The Labute approximate surface area is 164 Å². The number of carbonyl (C=O) groups is 1. The maximum atomic E-state index is 13.1. The van der Waals surface area contributed by atoms with Crippen LogP contribution in [0.3, 0.4) is 0 Å². The van der Waals surface area contributed by atoms with Crippen LogP contribution in [0.1, 0.15) is 35.2 Å². The van der Waals surface area contributed by atoms with Crippen molar-refractivity contribution in [1.29, 1.82) is 0 Å². The van der Waals surface area contributed by atoms with Crippen LogP contribution in [0.15, 0.2) is 42.5 Å². The highest BCUT2D eigenvalue weighted by atomic mass is 35.5. The van der Waals surface area contributed by atoms with Crippen molar-refractivity contribution in [2.75, 3.05) is 26.8 Å². The molecule has 1 heterocycles. The van der Waals surface area contributed by atoms with Crippen LogP contribution < -0.4 is 4.74 Å². The molecule has 0 saturated carbocycles. The minimum atomic E-state index is -0.424. The van der Waals surface area contributed by atoms with Crippen molar-refractivity contribution in [2.45, 2.75) is 24.7 Å². The van der Waals surface area contributed by atoms with Crippen molar-refractivity contribution in [2.24, 2.45) is 0 Å². The number of rotatable bonds is 5. The molecule has 6 heteroatoms. The molecule has 0 aliphatic carbocycles. The van der Waals surface area contributed by atoms with Gasteiger partial charge in [-0.25, -0.2) is 0 Å². The highest BCUT2D eigenvalue weighted by molar-refractivity contribution is 6.32. The average Bonchev–Trinajstić information content (AvgIpc) is 2.69. The number of hydrogen-bond acceptors (Lipinski definition) is 4. The normalized spacial score (nSPS) is 19.7. The first-order chi connectivity index (χ1) is 13.0. The minimum absolute atomic E-state index is 0.0000763. The van der Waals surface area contributed by atoms with Crippen LogP contribution in [0.4, 0.5) is 0 Å². The summed E-state index contributed by atoms with van der Waals surface area (Å²) < 4.78 is 5.34. The Morgan fingerprint density at radius 1 is 1.30 bits per heavy atom. The third kappa shape index (κ3) is 3.89. The predicted molar refractivity (Wildman–Crippen MR) is 105 cm³/mol. The average molecular weight is 390 g/mol. The van der Waals surface area contributed by atoms with Crippen molar-refractivity contribution in [1.82, 2.24) is 4.90 Å². The molecule has 5 nitrogen and oxygen atoms in total. The first kappa shape index (κ1) is 19.5. The second-order valence-corrected chi connectivity index (χ2v) is 7.36. The molecule has 1 aliphatic rings. The van der Waals surface area contributed by atoms with E-state index >= 15 is 0 Å². The first-order valence-corrected chi connectivity index (χ1v) is 9.41. The molecular weight excluding hydrogens is 366 g/mol. The van der Waals surface area contributed by atoms with Gasteiger partial charge in [-0.1, -0.05) is 29.8 Å². The number of para-hydroxylation sites is 1. The van der Waals surface area contributed by atoms with E-state index in [1.807, 2.05) is 23.1 Å². The fourth-order valence-corrected chi connectivity index (χ4v) is 4.05. The Morgan fingerprint density at radius 3 is 2.78 bits per heavy atom. The monoisotopic (exact) mass is 389 g/mol. The van der Waals surface area contributed by atoms with Crippen LogP contribution in [0.25, 0.3) is 0 Å². The molecule has 0 radical (unpaired) electrons. The van der Waals surface area contributed by atoms with E-state index < -0.39 is 5.41 Å². The standard InChI is InChI=1S/C21H24ClNO4/c1-27-19-6-3-2-5-16(19)20(26)23-11-4-9-21(14-23,10-12-24)15-7-8-17(22)18(25)13-15/h2-3,5-8,13,24-25H,4,9-12,14H2,1H3. The minimum Gasteiger partial charge on any atom is -0.506 e. The van der Waals surface area contributed by atoms with Gasteiger partial charge in [-0.3, -0.25) is 4.79 Å². The number of halogens is 1. The Morgan fingerprint density at radius 2 is 2.07 bits per heavy atom. The molecule has 2 N–H and O–H groups in total. The van der Waals surface area contributed by atoms with Crippen LogP contribution >= 0.6 is 11.6 Å². The van der Waals surface area contributed by atoms with E-state index in [1.165, 1.54) is 0 Å². The van der Waals surface area contributed by atoms with Crippen LogP contribution in [0.5, 0.6) is 11.5 Å². The third-order valence-electron chi connectivity index (χ3n) is 5.35. The Balaban J connectivity index is 1.93. The van der Waals surface area contributed by atoms with Gasteiger partial charge in [0.25, 0.3) is 5.91 Å². The van der Waals surface area contributed by atoms with E-state index in [0.717, 1.165) is 18.4 Å². The summed E-state index contributed by atoms with van der Waals surface area (Å²) in [5, 5.41) is 20.0. The molecule has 0 spiro atoms. The van der Waals surface area contributed by atoms with E-state index in [-0.39, 0.29) is 23.3 Å². The lowest BCUT2D eigenvalue weighted by atomic mass is 9.71. The fourth-order valence-electron chi connectivity index (χ4n) is 3.94. The molecule has 1 aliphatic heterocycles. The van der Waals surface area contributed by atoms with E-state index in [9.17, 15) is 15.0 Å². The molecule has 2 aromatic rings. The third-order valence-corrected chi connectivity index (χ3v) is 5.67. The number of aromatic hydroxyl groups is 1. The molecule has 1 atom stereocenters. The zero-order chi connectivity index (χ0) is 19.4. The Bertz CT molecular complexity index is 822. The van der Waals surface area contributed by atoms with Crippen molar-refractivity contribution >= 4 is 17.5 Å². The highest BCUT2D eigenvalue weighted by Crippen LogP contribution is 2.40. The molecule has 2 aromatic carbocycles. The maximum absolute atomic E-state index is 13.1. The summed E-state index contributed by atoms with van der Waals surface area (Å²) in [6.45, 7) is 1.11. The number of ether oxygens (including phenoxy) is 1. The number of phenolic OH excluding ortho intramolecular Hbond substituents is 1. The number of benzene rings is 2. The van der Waals surface area contributed by atoms with Crippen LogP contribution in [-0.4, -0.2) is 47.8 Å². The fraction of sp³-hybridized carbons (Fsp3) is 0.381. The van der Waals surface area contributed by atoms with Gasteiger partial charge < -0.3 is 19.8 Å². The van der Waals surface area contributed by atoms with Gasteiger partial charge in [-0.2, -0.15) is 0 Å². The lowest BCUT2D eigenvalue weighted by molar-refractivity contribution is 0.0599. The summed E-state index contributed by atoms with van der Waals surface area (Å²) in [5.41, 5.74) is 0.988. The Kier molecular flexibility index (Phi) is 5.92. The Hall–Kier alpha value is -2.24. The predicted octanol–water partition coefficient (Wildman–Crippen LogP) is 3.61. The van der Waals surface area contributed by atoms with Gasteiger partial charge >= 0.3 is 0 Å². The summed E-state index contributed by atoms with van der Waals surface area (Å²) in [5.74, 6) is 0.470. The molecule has 1 amide bonds. The summed E-state index contributed by atoms with van der Waals surface area (Å²) in [7, 11) is 1.55. The SMILES string of the molecule is COc1ccccc1C(=O)N1CCCC(CCO)(c2ccc(Cl)c(O)c2)C1. The zero-order valence-electron chi connectivity index (χ0n) is 15.3. The van der Waals surface area contributed by atoms with Crippen molar-refractivity contribution in [3.05, 3.63) is 58.6 Å². The number of aliphatic hydroxyl groups is 1. The van der Waals surface area contributed by atoms with Gasteiger partial charge in [0.05, 0.1) is 17.7 Å². The van der Waals surface area contributed by atoms with Crippen molar-refractivity contribution in [3.63, 3.8) is 0 Å². The van der Waals surface area contributed by atoms with Crippen LogP contribution in [0.2, 0.25) is 5.02 Å². The second kappa shape index (κ2) is 8.19. The van der Waals surface area contributed by atoms with Gasteiger partial charge in [0, 0.05) is 25.1 Å². The number of likely N-dealkylation sites (tertiary alicyclic amines) is 1. The number of nitrogens with zero attached hydrogens (tertiary/aromatic N) is 1. The van der Waals surface area contributed by atoms with E-state index in [2.05, 4.69) is 0 Å². The quantitative estimate of drug-likeness (QED) is 0.819. The summed E-state index contributed by atoms with van der Waals surface area (Å²) in [6, 6.07) is 12.4. The van der Waals surface area contributed by atoms with Crippen LogP contribution in [-0.2, 0) is 5.41 Å². The number of amides is 1. The first-order valence-electron chi connectivity index (χ1n) is 9.03. The van der Waals surface area contributed by atoms with Crippen molar-refractivity contribution < 1.29 is 19.7 Å². The van der Waals surface area contributed by atoms with Gasteiger partial charge in [-0.15, -0.1) is 0 Å². The summed E-state index contributed by atoms with van der Waals surface area (Å²) >= 11 is 5.96. The van der Waals surface area contributed by atoms with Gasteiger partial charge in [0.2, 0.25) is 0 Å². The topological polar surface area (TPSA) is 70.0 Å². The molecule has 3 rings (SSSR count). The van der Waals surface area contributed by atoms with Gasteiger partial charge in [0.1, 0.15) is 11.5 Å². The lowest BCUT2D eigenvalue weighted by Crippen LogP contribution is -2.49. The summed E-state index contributed by atoms with van der Waals surface area (Å²) in [4.78, 5) is 14.9. The highest BCUT2D eigenvalue weighted by Gasteiger charge is 2.39. The van der Waals surface area contributed by atoms with Gasteiger partial charge in [0.15, 0.2) is 0 Å². The van der Waals surface area contributed by atoms with Crippen LogP contribution in [0, 0.1) is 0 Å². The maximum Gasteiger partial charge on any atom is 0.257 e. The lowest BCUT2D eigenvalue weighted by Gasteiger charge is -2.43. The van der Waals surface area contributed by atoms with E-state index in [4.69, 9.17) is 16.3 Å². The number of aliphatic hydroxyl groups excluding tert-OH is 1. The van der Waals surface area contributed by atoms with E-state index in [1.54, 1.807) is 31.4 Å². The number of hydrogen-bond donors (Lipinski definition) is 2. The number of phenols is 1. The number of carbonyl (C=O) groups excluding carboxylic acids is 1. The zero-order valence-corrected chi connectivity index (χ0v) is 16.1. The molecule has 1 unspecified atom stereocenters. The molecule has 144 valence electrons. The van der Waals surface area contributed by atoms with Gasteiger partial charge in [-0.05, 0) is 49.1 Å². The second-order valence-electron chi connectivity index (χ2n) is 6.95. The molecule has 27 heavy (non-hydrogen) atoms. The number of methoxy groups -OCH3 is 1. The van der Waals surface area contributed by atoms with E-state index in [0.29, 0.717) is 30.8 Å². The summed E-state index contributed by atoms with van der Waals surface area (Å²) in [6.07, 6.45) is 2.14. The molecule has 0 bridgehead atoms. The molecule has 1 saturated heterocycles. The largest absolute Gasteiger partial charge is 0.506 e. The number of piperidine rings is 1. The molecular formula is C21H24ClNO4.